The second-order valence-electron chi connectivity index (χ2n) is 4.96. The quantitative estimate of drug-likeness (QED) is 0.765. The number of imidazole rings is 1. The Morgan fingerprint density at radius 2 is 2.05 bits per heavy atom. The van der Waals surface area contributed by atoms with Gasteiger partial charge in [-0.05, 0) is 37.6 Å². The molecule has 2 aromatic heterocycles. The molecule has 0 amide bonds. The third-order valence-electron chi connectivity index (χ3n) is 3.51. The van der Waals surface area contributed by atoms with Crippen molar-refractivity contribution < 1.29 is 5.11 Å². The minimum Gasteiger partial charge on any atom is -0.507 e. The highest BCUT2D eigenvalue weighted by Crippen LogP contribution is 2.28. The van der Waals surface area contributed by atoms with Gasteiger partial charge in [-0.2, -0.15) is 0 Å². The lowest BCUT2D eigenvalue weighted by Gasteiger charge is -2.11. The third-order valence-corrected chi connectivity index (χ3v) is 3.51. The van der Waals surface area contributed by atoms with Crippen molar-refractivity contribution in [3.63, 3.8) is 0 Å². The van der Waals surface area contributed by atoms with Crippen molar-refractivity contribution in [2.24, 2.45) is 0 Å². The van der Waals surface area contributed by atoms with Crippen molar-refractivity contribution in [1.82, 2.24) is 9.38 Å². The second kappa shape index (κ2) is 4.89. The number of fused-ring (bicyclic) bond motifs is 1. The normalized spacial score (nSPS) is 10.9. The van der Waals surface area contributed by atoms with Gasteiger partial charge in [0.15, 0.2) is 0 Å². The van der Waals surface area contributed by atoms with E-state index in [0.29, 0.717) is 12.3 Å². The van der Waals surface area contributed by atoms with Crippen LogP contribution in [0.3, 0.4) is 0 Å². The first kappa shape index (κ1) is 12.5. The highest BCUT2D eigenvalue weighted by atomic mass is 16.3. The summed E-state index contributed by atoms with van der Waals surface area (Å²) in [5, 5.41) is 13.3. The van der Waals surface area contributed by atoms with Crippen molar-refractivity contribution in [2.75, 3.05) is 5.32 Å². The van der Waals surface area contributed by atoms with Crippen LogP contribution >= 0.6 is 0 Å². The van der Waals surface area contributed by atoms with Crippen molar-refractivity contribution in [1.29, 1.82) is 0 Å². The van der Waals surface area contributed by atoms with Gasteiger partial charge in [0.05, 0.1) is 12.2 Å². The van der Waals surface area contributed by atoms with Crippen LogP contribution in [0.25, 0.3) is 5.65 Å². The van der Waals surface area contributed by atoms with Crippen LogP contribution in [0.5, 0.6) is 5.75 Å². The third kappa shape index (κ3) is 2.20. The summed E-state index contributed by atoms with van der Waals surface area (Å²) in [5.74, 6) is 0.352. The molecule has 0 aliphatic rings. The van der Waals surface area contributed by atoms with E-state index in [1.807, 2.05) is 61.0 Å². The molecular weight excluding hydrogens is 250 g/mol. The van der Waals surface area contributed by atoms with E-state index >= 15 is 0 Å². The van der Waals surface area contributed by atoms with E-state index in [1.165, 1.54) is 0 Å². The molecule has 0 aliphatic heterocycles. The molecule has 0 radical (unpaired) electrons. The van der Waals surface area contributed by atoms with Crippen LogP contribution in [0.1, 0.15) is 16.8 Å². The number of phenols is 1. The standard InChI is InChI=1S/C16H17N3O/c1-11-6-7-14(12(2)16(11)20)17-9-13-10-19-8-4-3-5-15(19)18-13/h3-8,10,17,20H,9H2,1-2H3. The monoisotopic (exact) mass is 267 g/mol. The first-order valence-electron chi connectivity index (χ1n) is 6.61. The minimum absolute atomic E-state index is 0.352. The van der Waals surface area contributed by atoms with E-state index in [1.54, 1.807) is 0 Å². The zero-order valence-corrected chi connectivity index (χ0v) is 11.6. The number of rotatable bonds is 3. The molecule has 1 aromatic carbocycles. The predicted molar refractivity (Wildman–Crippen MR) is 80.1 cm³/mol. The van der Waals surface area contributed by atoms with Gasteiger partial charge in [-0.3, -0.25) is 0 Å². The molecule has 0 aliphatic carbocycles. The number of nitrogens with one attached hydrogen (secondary N) is 1. The summed E-state index contributed by atoms with van der Waals surface area (Å²) < 4.78 is 2.00. The molecule has 4 heteroatoms. The van der Waals surface area contributed by atoms with Gasteiger partial charge in [-0.1, -0.05) is 12.1 Å². The SMILES string of the molecule is Cc1ccc(NCc2cn3ccccc3n2)c(C)c1O. The summed E-state index contributed by atoms with van der Waals surface area (Å²) in [6.45, 7) is 4.44. The summed E-state index contributed by atoms with van der Waals surface area (Å²) in [6, 6.07) is 9.83. The maximum absolute atomic E-state index is 9.94. The fourth-order valence-corrected chi connectivity index (χ4v) is 2.29. The molecule has 0 unspecified atom stereocenters. The number of aromatic hydroxyl groups is 1. The zero-order chi connectivity index (χ0) is 14.1. The zero-order valence-electron chi connectivity index (χ0n) is 11.6. The molecule has 2 heterocycles. The van der Waals surface area contributed by atoms with Crippen LogP contribution in [0.2, 0.25) is 0 Å². The fraction of sp³-hybridized carbons (Fsp3) is 0.188. The number of nitrogens with zero attached hydrogens (tertiary/aromatic N) is 2. The molecule has 0 saturated heterocycles. The lowest BCUT2D eigenvalue weighted by molar-refractivity contribution is 0.467. The van der Waals surface area contributed by atoms with Crippen LogP contribution in [0.15, 0.2) is 42.7 Å². The molecule has 2 N–H and O–H groups in total. The minimum atomic E-state index is 0.352. The maximum atomic E-state index is 9.94. The molecule has 3 aromatic rings. The highest BCUT2D eigenvalue weighted by molar-refractivity contribution is 5.59. The molecule has 0 fully saturated rings. The van der Waals surface area contributed by atoms with Gasteiger partial charge in [-0.25, -0.2) is 4.98 Å². The first-order valence-corrected chi connectivity index (χ1v) is 6.61. The van der Waals surface area contributed by atoms with Crippen LogP contribution < -0.4 is 5.32 Å². The Morgan fingerprint density at radius 1 is 1.20 bits per heavy atom. The summed E-state index contributed by atoms with van der Waals surface area (Å²) in [4.78, 5) is 4.54. The summed E-state index contributed by atoms with van der Waals surface area (Å²) in [6.07, 6.45) is 3.99. The van der Waals surface area contributed by atoms with Gasteiger partial charge < -0.3 is 14.8 Å². The van der Waals surface area contributed by atoms with E-state index in [9.17, 15) is 5.11 Å². The van der Waals surface area contributed by atoms with E-state index in [-0.39, 0.29) is 0 Å². The van der Waals surface area contributed by atoms with E-state index in [2.05, 4.69) is 10.3 Å². The highest BCUT2D eigenvalue weighted by Gasteiger charge is 2.07. The van der Waals surface area contributed by atoms with Gasteiger partial charge in [-0.15, -0.1) is 0 Å². The largest absolute Gasteiger partial charge is 0.507 e. The summed E-state index contributed by atoms with van der Waals surface area (Å²) in [7, 11) is 0. The Bertz CT molecular complexity index is 729. The Balaban J connectivity index is 1.81. The van der Waals surface area contributed by atoms with Gasteiger partial charge in [0.1, 0.15) is 11.4 Å². The fourth-order valence-electron chi connectivity index (χ4n) is 2.29. The lowest BCUT2D eigenvalue weighted by atomic mass is 10.1. The van der Waals surface area contributed by atoms with E-state index in [4.69, 9.17) is 0 Å². The van der Waals surface area contributed by atoms with Crippen LogP contribution in [0, 0.1) is 13.8 Å². The molecule has 0 spiro atoms. The Labute approximate surface area is 117 Å². The number of anilines is 1. The molecular formula is C16H17N3O. The number of aromatic nitrogens is 2. The average molecular weight is 267 g/mol. The topological polar surface area (TPSA) is 49.6 Å². The van der Waals surface area contributed by atoms with Crippen molar-refractivity contribution in [2.45, 2.75) is 20.4 Å². The van der Waals surface area contributed by atoms with E-state index < -0.39 is 0 Å². The van der Waals surface area contributed by atoms with E-state index in [0.717, 1.165) is 28.2 Å². The molecule has 102 valence electrons. The lowest BCUT2D eigenvalue weighted by Crippen LogP contribution is -2.01. The van der Waals surface area contributed by atoms with Gasteiger partial charge in [0.25, 0.3) is 0 Å². The van der Waals surface area contributed by atoms with Crippen molar-refractivity contribution in [3.8, 4) is 5.75 Å². The number of benzene rings is 1. The van der Waals surface area contributed by atoms with Crippen molar-refractivity contribution in [3.05, 3.63) is 59.5 Å². The van der Waals surface area contributed by atoms with Gasteiger partial charge >= 0.3 is 0 Å². The van der Waals surface area contributed by atoms with Crippen molar-refractivity contribution >= 4 is 11.3 Å². The molecule has 0 atom stereocenters. The number of hydrogen-bond acceptors (Lipinski definition) is 3. The molecule has 3 rings (SSSR count). The summed E-state index contributed by atoms with van der Waals surface area (Å²) in [5.41, 5.74) is 4.60. The molecule has 0 bridgehead atoms. The predicted octanol–water partition coefficient (Wildman–Crippen LogP) is 3.27. The number of phenolic OH excluding ortho intramolecular Hbond substituents is 1. The van der Waals surface area contributed by atoms with Crippen LogP contribution in [0.4, 0.5) is 5.69 Å². The van der Waals surface area contributed by atoms with Crippen LogP contribution in [-0.4, -0.2) is 14.5 Å². The molecule has 0 saturated carbocycles. The first-order chi connectivity index (χ1) is 9.65. The van der Waals surface area contributed by atoms with Gasteiger partial charge in [0.2, 0.25) is 0 Å². The van der Waals surface area contributed by atoms with Crippen LogP contribution in [-0.2, 0) is 6.54 Å². The Kier molecular flexibility index (Phi) is 3.06. The smallest absolute Gasteiger partial charge is 0.137 e. The molecule has 4 nitrogen and oxygen atoms in total. The average Bonchev–Trinajstić information content (AvgIpc) is 2.87. The van der Waals surface area contributed by atoms with Gasteiger partial charge in [0, 0.05) is 23.6 Å². The maximum Gasteiger partial charge on any atom is 0.137 e. The second-order valence-corrected chi connectivity index (χ2v) is 4.96. The number of pyridine rings is 1. The Morgan fingerprint density at radius 3 is 2.85 bits per heavy atom. The molecule has 20 heavy (non-hydrogen) atoms. The Hall–Kier alpha value is -2.49. The number of aryl methyl sites for hydroxylation is 1. The summed E-state index contributed by atoms with van der Waals surface area (Å²) >= 11 is 0. The number of hydrogen-bond donors (Lipinski definition) is 2.